The summed E-state index contributed by atoms with van der Waals surface area (Å²) in [5.74, 6) is 0.821. The lowest BCUT2D eigenvalue weighted by atomic mass is 10.2. The van der Waals surface area contributed by atoms with Gasteiger partial charge in [-0.3, -0.25) is 0 Å². The van der Waals surface area contributed by atoms with Gasteiger partial charge >= 0.3 is 0 Å². The molecule has 0 radical (unpaired) electrons. The summed E-state index contributed by atoms with van der Waals surface area (Å²) >= 11 is 10.8. The molecule has 6 heteroatoms. The van der Waals surface area contributed by atoms with Crippen LogP contribution in [0.15, 0.2) is 42.5 Å². The van der Waals surface area contributed by atoms with Gasteiger partial charge in [0.15, 0.2) is 0 Å². The van der Waals surface area contributed by atoms with Crippen LogP contribution < -0.4 is 15.2 Å². The first kappa shape index (κ1) is 15.5. The van der Waals surface area contributed by atoms with Gasteiger partial charge in [-0.25, -0.2) is 4.39 Å². The number of hydrogen-bond donors (Lipinski definition) is 1. The van der Waals surface area contributed by atoms with Crippen LogP contribution in [0, 0.1) is 5.82 Å². The summed E-state index contributed by atoms with van der Waals surface area (Å²) in [4.78, 5) is 0.215. The highest BCUT2D eigenvalue weighted by Crippen LogP contribution is 2.23. The zero-order chi connectivity index (χ0) is 15.2. The minimum absolute atomic E-state index is 0.215. The van der Waals surface area contributed by atoms with E-state index in [1.54, 1.807) is 30.3 Å². The molecule has 0 aliphatic carbocycles. The van der Waals surface area contributed by atoms with E-state index in [1.165, 1.54) is 12.1 Å². The molecular weight excluding hydrogens is 313 g/mol. The maximum atomic E-state index is 12.7. The summed E-state index contributed by atoms with van der Waals surface area (Å²) in [5.41, 5.74) is 6.20. The molecule has 2 aromatic carbocycles. The third-order valence-electron chi connectivity index (χ3n) is 2.63. The summed E-state index contributed by atoms with van der Waals surface area (Å²) in [6.45, 7) is 0.611. The Balaban J connectivity index is 1.89. The Morgan fingerprint density at radius 2 is 1.76 bits per heavy atom. The molecule has 0 saturated carbocycles. The second kappa shape index (κ2) is 7.24. The predicted molar refractivity (Wildman–Crippen MR) is 84.7 cm³/mol. The first-order chi connectivity index (χ1) is 10.1. The van der Waals surface area contributed by atoms with Crippen molar-refractivity contribution in [3.05, 3.63) is 58.9 Å². The van der Waals surface area contributed by atoms with Gasteiger partial charge in [0, 0.05) is 5.02 Å². The minimum Gasteiger partial charge on any atom is -0.490 e. The van der Waals surface area contributed by atoms with E-state index in [0.29, 0.717) is 35.3 Å². The van der Waals surface area contributed by atoms with E-state index < -0.39 is 0 Å². The van der Waals surface area contributed by atoms with Gasteiger partial charge < -0.3 is 15.2 Å². The van der Waals surface area contributed by atoms with Crippen LogP contribution in [0.2, 0.25) is 5.02 Å². The van der Waals surface area contributed by atoms with Crippen LogP contribution in [0.25, 0.3) is 0 Å². The van der Waals surface area contributed by atoms with Crippen LogP contribution in [0.4, 0.5) is 4.39 Å². The summed E-state index contributed by atoms with van der Waals surface area (Å²) in [7, 11) is 0. The molecule has 0 fully saturated rings. The number of halogens is 2. The van der Waals surface area contributed by atoms with Gasteiger partial charge in [-0.2, -0.15) is 0 Å². The van der Waals surface area contributed by atoms with Gasteiger partial charge in [-0.05, 0) is 42.5 Å². The highest BCUT2D eigenvalue weighted by Gasteiger charge is 2.07. The van der Waals surface area contributed by atoms with Crippen LogP contribution in [-0.4, -0.2) is 18.2 Å². The number of thiocarbonyl (C=S) groups is 1. The van der Waals surface area contributed by atoms with E-state index in [4.69, 9.17) is 39.0 Å². The standard InChI is InChI=1S/C15H13ClFNO2S/c16-10-1-6-14(13(9-10)15(18)21)20-8-7-19-12-4-2-11(17)3-5-12/h1-6,9H,7-8H2,(H2,18,21). The Labute approximate surface area is 132 Å². The fraction of sp³-hybridized carbons (Fsp3) is 0.133. The first-order valence-corrected chi connectivity index (χ1v) is 6.95. The Kier molecular flexibility index (Phi) is 5.36. The first-order valence-electron chi connectivity index (χ1n) is 6.17. The Morgan fingerprint density at radius 3 is 2.43 bits per heavy atom. The lowest BCUT2D eigenvalue weighted by Crippen LogP contribution is -2.14. The lowest BCUT2D eigenvalue weighted by molar-refractivity contribution is 0.217. The van der Waals surface area contributed by atoms with Crippen molar-refractivity contribution in [1.29, 1.82) is 0 Å². The molecule has 0 aromatic heterocycles. The topological polar surface area (TPSA) is 44.5 Å². The molecule has 21 heavy (non-hydrogen) atoms. The molecule has 0 aliphatic rings. The van der Waals surface area contributed by atoms with Crippen LogP contribution >= 0.6 is 23.8 Å². The van der Waals surface area contributed by atoms with Crippen molar-refractivity contribution in [2.24, 2.45) is 5.73 Å². The maximum absolute atomic E-state index is 12.7. The Bertz CT molecular complexity index is 634. The summed E-state index contributed by atoms with van der Waals surface area (Å²) < 4.78 is 23.7. The molecule has 3 nitrogen and oxygen atoms in total. The van der Waals surface area contributed by atoms with E-state index in [9.17, 15) is 4.39 Å². The molecule has 0 heterocycles. The molecule has 110 valence electrons. The van der Waals surface area contributed by atoms with Crippen molar-refractivity contribution in [1.82, 2.24) is 0 Å². The Hall–Kier alpha value is -1.85. The van der Waals surface area contributed by atoms with Gasteiger partial charge in [-0.15, -0.1) is 0 Å². The summed E-state index contributed by atoms with van der Waals surface area (Å²) in [6.07, 6.45) is 0. The molecular formula is C15H13ClFNO2S. The molecule has 0 amide bonds. The summed E-state index contributed by atoms with van der Waals surface area (Å²) in [6, 6.07) is 10.8. The van der Waals surface area contributed by atoms with E-state index >= 15 is 0 Å². The number of ether oxygens (including phenoxy) is 2. The number of hydrogen-bond acceptors (Lipinski definition) is 3. The van der Waals surface area contributed by atoms with Crippen molar-refractivity contribution >= 4 is 28.8 Å². The van der Waals surface area contributed by atoms with Crippen molar-refractivity contribution in [2.75, 3.05) is 13.2 Å². The zero-order valence-corrected chi connectivity index (χ0v) is 12.6. The molecule has 2 N–H and O–H groups in total. The second-order valence-electron chi connectivity index (χ2n) is 4.16. The van der Waals surface area contributed by atoms with E-state index in [2.05, 4.69) is 0 Å². The molecule has 0 unspecified atom stereocenters. The average molecular weight is 326 g/mol. The molecule has 0 atom stereocenters. The fourth-order valence-electron chi connectivity index (χ4n) is 1.66. The van der Waals surface area contributed by atoms with Gasteiger partial charge in [0.05, 0.1) is 5.56 Å². The van der Waals surface area contributed by atoms with Crippen LogP contribution in [0.5, 0.6) is 11.5 Å². The quantitative estimate of drug-likeness (QED) is 0.651. The molecule has 2 rings (SSSR count). The van der Waals surface area contributed by atoms with Gasteiger partial charge in [0.25, 0.3) is 0 Å². The van der Waals surface area contributed by atoms with Gasteiger partial charge in [0.2, 0.25) is 0 Å². The van der Waals surface area contributed by atoms with E-state index in [1.807, 2.05) is 0 Å². The van der Waals surface area contributed by atoms with Crippen molar-refractivity contribution in [3.8, 4) is 11.5 Å². The van der Waals surface area contributed by atoms with Gasteiger partial charge in [-0.1, -0.05) is 23.8 Å². The number of nitrogens with two attached hydrogens (primary N) is 1. The van der Waals surface area contributed by atoms with E-state index in [0.717, 1.165) is 0 Å². The molecule has 0 bridgehead atoms. The third kappa shape index (κ3) is 4.58. The van der Waals surface area contributed by atoms with Crippen molar-refractivity contribution in [2.45, 2.75) is 0 Å². The maximum Gasteiger partial charge on any atom is 0.129 e. The summed E-state index contributed by atoms with van der Waals surface area (Å²) in [5, 5.41) is 0.535. The van der Waals surface area contributed by atoms with Crippen LogP contribution in [0.3, 0.4) is 0 Å². The largest absolute Gasteiger partial charge is 0.490 e. The SMILES string of the molecule is NC(=S)c1cc(Cl)ccc1OCCOc1ccc(F)cc1. The molecule has 2 aromatic rings. The number of benzene rings is 2. The Morgan fingerprint density at radius 1 is 1.10 bits per heavy atom. The zero-order valence-electron chi connectivity index (χ0n) is 11.0. The van der Waals surface area contributed by atoms with Crippen LogP contribution in [0.1, 0.15) is 5.56 Å². The lowest BCUT2D eigenvalue weighted by Gasteiger charge is -2.11. The monoisotopic (exact) mass is 325 g/mol. The fourth-order valence-corrected chi connectivity index (χ4v) is 1.99. The number of rotatable bonds is 6. The average Bonchev–Trinajstić information content (AvgIpc) is 2.46. The second-order valence-corrected chi connectivity index (χ2v) is 5.03. The third-order valence-corrected chi connectivity index (χ3v) is 3.09. The van der Waals surface area contributed by atoms with Crippen LogP contribution in [-0.2, 0) is 0 Å². The molecule has 0 spiro atoms. The smallest absolute Gasteiger partial charge is 0.129 e. The molecule has 0 aliphatic heterocycles. The highest BCUT2D eigenvalue weighted by atomic mass is 35.5. The van der Waals surface area contributed by atoms with Crippen molar-refractivity contribution in [3.63, 3.8) is 0 Å². The predicted octanol–water partition coefficient (Wildman–Crippen LogP) is 3.57. The minimum atomic E-state index is -0.305. The van der Waals surface area contributed by atoms with Gasteiger partial charge in [0.1, 0.15) is 35.5 Å². The van der Waals surface area contributed by atoms with E-state index in [-0.39, 0.29) is 10.8 Å². The molecule has 0 saturated heterocycles. The highest BCUT2D eigenvalue weighted by molar-refractivity contribution is 7.80. The van der Waals surface area contributed by atoms with Crippen molar-refractivity contribution < 1.29 is 13.9 Å². The normalized spacial score (nSPS) is 10.2.